The van der Waals surface area contributed by atoms with Gasteiger partial charge < -0.3 is 43.8 Å². The second-order valence-corrected chi connectivity index (χ2v) is 16.4. The Morgan fingerprint density at radius 3 is 0.693 bits per heavy atom. The molecule has 9 aromatic carbocycles. The molecular weight excluding hydrogens is 964 g/mol. The van der Waals surface area contributed by atoms with Crippen LogP contribution in [0.3, 0.4) is 0 Å². The van der Waals surface area contributed by atoms with E-state index >= 15 is 0 Å². The van der Waals surface area contributed by atoms with Crippen molar-refractivity contribution in [1.82, 2.24) is 0 Å². The van der Waals surface area contributed by atoms with Crippen LogP contribution in [0.15, 0.2) is 243 Å². The highest BCUT2D eigenvalue weighted by Crippen LogP contribution is 2.19. The highest BCUT2D eigenvalue weighted by atomic mass is 35.5. The molecule has 15 heteroatoms. The molecule has 75 heavy (non-hydrogen) atoms. The lowest BCUT2D eigenvalue weighted by atomic mass is 10.1. The van der Waals surface area contributed by atoms with Crippen LogP contribution in [0.1, 0.15) is 62.1 Å². The van der Waals surface area contributed by atoms with Gasteiger partial charge in [-0.2, -0.15) is 0 Å². The Balaban J connectivity index is 0.000000221. The third-order valence-electron chi connectivity index (χ3n) is 10.4. The number of nitrogen functional groups attached to an aromatic ring is 3. The lowest BCUT2D eigenvalue weighted by Crippen LogP contribution is -2.16. The van der Waals surface area contributed by atoms with E-state index in [4.69, 9.17) is 28.8 Å². The number of hydrogen-bond acceptors (Lipinski definition) is 9. The van der Waals surface area contributed by atoms with Gasteiger partial charge in [-0.1, -0.05) is 91.0 Å². The maximum Gasteiger partial charge on any atom is 0.255 e. The average molecular weight is 1020 g/mol. The van der Waals surface area contributed by atoms with Gasteiger partial charge in [0.2, 0.25) is 0 Å². The largest absolute Gasteiger partial charge is 0.399 e. The number of hydrogen-bond donors (Lipinski definition) is 8. The van der Waals surface area contributed by atoms with Gasteiger partial charge in [0.15, 0.2) is 0 Å². The van der Waals surface area contributed by atoms with Crippen LogP contribution < -0.4 is 43.8 Å². The molecule has 0 aliphatic rings. The molecular formula is C60H51ClN8O6. The number of carbonyl (C=O) groups excluding carboxylic acids is 6. The molecule has 5 amide bonds. The van der Waals surface area contributed by atoms with Crippen LogP contribution in [0.25, 0.3) is 0 Å². The normalized spacial score (nSPS) is 9.88. The predicted octanol–water partition coefficient (Wildman–Crippen LogP) is 12.1. The smallest absolute Gasteiger partial charge is 0.255 e. The van der Waals surface area contributed by atoms with Crippen molar-refractivity contribution in [1.29, 1.82) is 0 Å². The fraction of sp³-hybridized carbons (Fsp3) is 0. The molecule has 374 valence electrons. The van der Waals surface area contributed by atoms with Crippen molar-refractivity contribution in [3.63, 3.8) is 0 Å². The fourth-order valence-electron chi connectivity index (χ4n) is 6.49. The number of nitrogens with two attached hydrogens (primary N) is 3. The molecule has 0 atom stereocenters. The topological polar surface area (TPSA) is 241 Å². The molecule has 0 aliphatic carbocycles. The standard InChI is InChI=1S/C34H26N4O4.C13H12N2O.C7H5ClO.C6H8N2/c39-31(23-8-3-1-4-9-23)35-27-14-18-29(19-15-27)37-33(41)25-12-7-13-26(22-25)34(42)38-30-20-16-28(17-21-30)36-32(40)24-10-5-2-6-11-24;14-11-6-8-12(9-7-11)15-13(16)10-4-2-1-3-5-10;8-7(9)6-4-2-1-3-5-6;7-5-1-2-6(8)4-3-5/h1-22H,(H,35,39)(H,36,40)(H,37,41)(H,38,42);1-9H,14H2,(H,15,16);1-5H;1-4H,7-8H2. The molecule has 0 bridgehead atoms. The van der Waals surface area contributed by atoms with Crippen LogP contribution in [0.2, 0.25) is 0 Å². The Hall–Kier alpha value is -10.3. The third-order valence-corrected chi connectivity index (χ3v) is 10.6. The fourth-order valence-corrected chi connectivity index (χ4v) is 6.62. The Kier molecular flexibility index (Phi) is 20.1. The summed E-state index contributed by atoms with van der Waals surface area (Å²) >= 11 is 5.16. The van der Waals surface area contributed by atoms with E-state index < -0.39 is 5.24 Å². The van der Waals surface area contributed by atoms with E-state index in [0.29, 0.717) is 61.8 Å². The van der Waals surface area contributed by atoms with Crippen LogP contribution in [0, 0.1) is 0 Å². The predicted molar refractivity (Wildman–Crippen MR) is 301 cm³/mol. The Morgan fingerprint density at radius 2 is 0.453 bits per heavy atom. The molecule has 0 unspecified atom stereocenters. The summed E-state index contributed by atoms with van der Waals surface area (Å²) in [5.74, 6) is -1.35. The second kappa shape index (κ2) is 27.9. The number of nitrogens with one attached hydrogen (secondary N) is 5. The lowest BCUT2D eigenvalue weighted by Gasteiger charge is -2.10. The number of amides is 5. The summed E-state index contributed by atoms with van der Waals surface area (Å²) in [6.45, 7) is 0. The molecule has 0 radical (unpaired) electrons. The number of benzene rings is 9. The monoisotopic (exact) mass is 1010 g/mol. The van der Waals surface area contributed by atoms with Gasteiger partial charge in [0.05, 0.1) is 0 Å². The van der Waals surface area contributed by atoms with Crippen LogP contribution >= 0.6 is 11.6 Å². The van der Waals surface area contributed by atoms with Crippen molar-refractivity contribution < 1.29 is 28.8 Å². The van der Waals surface area contributed by atoms with Gasteiger partial charge in [0.25, 0.3) is 34.8 Å². The van der Waals surface area contributed by atoms with Crippen molar-refractivity contribution >= 4 is 91.9 Å². The Morgan fingerprint density at radius 1 is 0.253 bits per heavy atom. The summed E-state index contributed by atoms with van der Waals surface area (Å²) in [6, 6.07) is 69.6. The van der Waals surface area contributed by atoms with E-state index in [1.807, 2.05) is 36.4 Å². The first-order chi connectivity index (χ1) is 36.3. The van der Waals surface area contributed by atoms with Crippen molar-refractivity contribution in [3.8, 4) is 0 Å². The van der Waals surface area contributed by atoms with E-state index in [9.17, 15) is 28.8 Å². The molecule has 14 nitrogen and oxygen atoms in total. The molecule has 0 saturated carbocycles. The van der Waals surface area contributed by atoms with Gasteiger partial charge in [-0.05, 0) is 163 Å². The molecule has 0 saturated heterocycles. The maximum absolute atomic E-state index is 12.9. The van der Waals surface area contributed by atoms with Gasteiger partial charge in [-0.3, -0.25) is 28.8 Å². The zero-order chi connectivity index (χ0) is 53.4. The lowest BCUT2D eigenvalue weighted by molar-refractivity contribution is 0.101. The molecule has 9 rings (SSSR count). The number of anilines is 8. The summed E-state index contributed by atoms with van der Waals surface area (Å²) in [6.07, 6.45) is 0. The molecule has 0 spiro atoms. The highest BCUT2D eigenvalue weighted by Gasteiger charge is 2.13. The van der Waals surface area contributed by atoms with E-state index in [1.165, 1.54) is 6.07 Å². The minimum absolute atomic E-state index is 0.120. The van der Waals surface area contributed by atoms with E-state index in [2.05, 4.69) is 26.6 Å². The SMILES string of the molecule is Nc1ccc(N)cc1.Nc1ccc(NC(=O)c2ccccc2)cc1.O=C(Cl)c1ccccc1.O=C(Nc1ccc(NC(=O)c2cccc(C(=O)Nc3ccc(NC(=O)c4ccccc4)cc3)c2)cc1)c1ccccc1. The van der Waals surface area contributed by atoms with E-state index in [1.54, 1.807) is 200 Å². The third kappa shape index (κ3) is 18.1. The number of halogens is 1. The maximum atomic E-state index is 12.9. The molecule has 0 heterocycles. The first-order valence-electron chi connectivity index (χ1n) is 23.0. The van der Waals surface area contributed by atoms with Crippen molar-refractivity contribution in [2.24, 2.45) is 0 Å². The van der Waals surface area contributed by atoms with Gasteiger partial charge >= 0.3 is 0 Å². The van der Waals surface area contributed by atoms with Crippen molar-refractivity contribution in [2.45, 2.75) is 0 Å². The molecule has 0 aliphatic heterocycles. The van der Waals surface area contributed by atoms with Crippen LogP contribution in [0.4, 0.5) is 45.5 Å². The number of rotatable bonds is 11. The number of carbonyl (C=O) groups is 6. The van der Waals surface area contributed by atoms with E-state index in [-0.39, 0.29) is 29.5 Å². The zero-order valence-corrected chi connectivity index (χ0v) is 40.9. The second-order valence-electron chi connectivity index (χ2n) is 16.0. The first-order valence-corrected chi connectivity index (χ1v) is 23.4. The minimum Gasteiger partial charge on any atom is -0.399 e. The van der Waals surface area contributed by atoms with Gasteiger partial charge in [0, 0.05) is 78.9 Å². The van der Waals surface area contributed by atoms with Gasteiger partial charge in [-0.25, -0.2) is 0 Å². The van der Waals surface area contributed by atoms with Gasteiger partial charge in [0.1, 0.15) is 0 Å². The zero-order valence-electron chi connectivity index (χ0n) is 40.2. The van der Waals surface area contributed by atoms with Gasteiger partial charge in [-0.15, -0.1) is 0 Å². The summed E-state index contributed by atoms with van der Waals surface area (Å²) in [7, 11) is 0. The van der Waals surface area contributed by atoms with Crippen molar-refractivity contribution in [3.05, 3.63) is 276 Å². The summed E-state index contributed by atoms with van der Waals surface area (Å²) in [5.41, 5.74) is 24.3. The van der Waals surface area contributed by atoms with Crippen LogP contribution in [-0.2, 0) is 0 Å². The molecule has 0 aromatic heterocycles. The molecule has 11 N–H and O–H groups in total. The minimum atomic E-state index is -0.407. The van der Waals surface area contributed by atoms with Crippen molar-refractivity contribution in [2.75, 3.05) is 43.8 Å². The highest BCUT2D eigenvalue weighted by molar-refractivity contribution is 6.67. The Bertz CT molecular complexity index is 3150. The quantitative estimate of drug-likeness (QED) is 0.0453. The molecule has 0 fully saturated rings. The van der Waals surface area contributed by atoms with Crippen LogP contribution in [-0.4, -0.2) is 34.8 Å². The molecule has 9 aromatic rings. The summed E-state index contributed by atoms with van der Waals surface area (Å²) < 4.78 is 0. The Labute approximate surface area is 438 Å². The first kappa shape index (κ1) is 54.0. The summed E-state index contributed by atoms with van der Waals surface area (Å²) in [5, 5.41) is 13.6. The average Bonchev–Trinajstić information content (AvgIpc) is 3.45. The summed E-state index contributed by atoms with van der Waals surface area (Å²) in [4.78, 5) is 72.6. The van der Waals surface area contributed by atoms with E-state index in [0.717, 1.165) is 17.1 Å². The van der Waals surface area contributed by atoms with Crippen LogP contribution in [0.5, 0.6) is 0 Å².